The highest BCUT2D eigenvalue weighted by Crippen LogP contribution is 2.41. The van der Waals surface area contributed by atoms with Gasteiger partial charge in [-0.25, -0.2) is 19.3 Å². The summed E-state index contributed by atoms with van der Waals surface area (Å²) in [5.41, 5.74) is 5.75. The molecule has 0 spiro atoms. The van der Waals surface area contributed by atoms with Crippen molar-refractivity contribution in [3.05, 3.63) is 70.3 Å². The van der Waals surface area contributed by atoms with E-state index < -0.39 is 40.8 Å². The number of benzene rings is 1. The van der Waals surface area contributed by atoms with Crippen molar-refractivity contribution in [3.8, 4) is 0 Å². The van der Waals surface area contributed by atoms with Gasteiger partial charge in [-0.1, -0.05) is 36.0 Å². The van der Waals surface area contributed by atoms with Crippen molar-refractivity contribution in [1.82, 2.24) is 40.4 Å². The van der Waals surface area contributed by atoms with Crippen LogP contribution in [0.2, 0.25) is 0 Å². The Morgan fingerprint density at radius 2 is 2.07 bits per heavy atom. The van der Waals surface area contributed by atoms with Gasteiger partial charge in [0.1, 0.15) is 22.8 Å². The second-order valence-corrected chi connectivity index (χ2v) is 11.7. The molecule has 2 aliphatic rings. The van der Waals surface area contributed by atoms with Gasteiger partial charge in [0.05, 0.1) is 18.3 Å². The zero-order valence-corrected chi connectivity index (χ0v) is 25.3. The Kier molecular flexibility index (Phi) is 9.18. The normalized spacial score (nSPS) is 17.3. The van der Waals surface area contributed by atoms with E-state index >= 15 is 0 Å². The number of aromatic amines is 1. The maximum absolute atomic E-state index is 13.2. The first-order chi connectivity index (χ1) is 21.6. The van der Waals surface area contributed by atoms with Crippen molar-refractivity contribution < 1.29 is 24.3 Å². The first-order valence-electron chi connectivity index (χ1n) is 13.3. The number of carbonyl (C=O) groups is 4. The SMILES string of the molecule is C=CCNc1ncc(N(C(N)=O)c2ccccc2CC(=O)NC2C(=O)N3C(C(=O)O)=C(CSc4nnnn4C)CS[C@H]23)c(=O)[nH]1. The van der Waals surface area contributed by atoms with Crippen molar-refractivity contribution in [2.45, 2.75) is 23.0 Å². The summed E-state index contributed by atoms with van der Waals surface area (Å²) in [4.78, 5) is 72.7. The van der Waals surface area contributed by atoms with Crippen LogP contribution in [-0.2, 0) is 27.9 Å². The van der Waals surface area contributed by atoms with Gasteiger partial charge >= 0.3 is 12.0 Å². The molecule has 2 aromatic heterocycles. The number of β-lactam (4-membered cyclic amide) rings is 1. The highest BCUT2D eigenvalue weighted by Gasteiger charge is 2.54. The number of hydrogen-bond acceptors (Lipinski definition) is 12. The van der Waals surface area contributed by atoms with Crippen molar-refractivity contribution in [3.63, 3.8) is 0 Å². The lowest BCUT2D eigenvalue weighted by Gasteiger charge is -2.49. The number of rotatable bonds is 12. The van der Waals surface area contributed by atoms with E-state index in [1.54, 1.807) is 31.3 Å². The van der Waals surface area contributed by atoms with Gasteiger partial charge in [0, 0.05) is 25.1 Å². The Morgan fingerprint density at radius 1 is 1.29 bits per heavy atom. The summed E-state index contributed by atoms with van der Waals surface area (Å²) in [6.07, 6.45) is 2.48. The monoisotopic (exact) mass is 653 g/mol. The van der Waals surface area contributed by atoms with Gasteiger partial charge in [0.15, 0.2) is 0 Å². The number of nitrogens with two attached hydrogens (primary N) is 1. The van der Waals surface area contributed by atoms with Crippen molar-refractivity contribution in [1.29, 1.82) is 0 Å². The number of carboxylic acid groups (broad SMARTS) is 1. The van der Waals surface area contributed by atoms with E-state index in [1.807, 2.05) is 0 Å². The molecule has 0 bridgehead atoms. The fourth-order valence-electron chi connectivity index (χ4n) is 4.74. The second-order valence-electron chi connectivity index (χ2n) is 9.68. The minimum absolute atomic E-state index is 0.121. The summed E-state index contributed by atoms with van der Waals surface area (Å²) in [7, 11) is 1.66. The van der Waals surface area contributed by atoms with E-state index in [0.717, 1.165) is 4.90 Å². The Bertz CT molecular complexity index is 1770. The largest absolute Gasteiger partial charge is 0.477 e. The lowest BCUT2D eigenvalue weighted by Crippen LogP contribution is -2.70. The average Bonchev–Trinajstić information content (AvgIpc) is 3.43. The van der Waals surface area contributed by atoms with Crippen LogP contribution in [0.5, 0.6) is 0 Å². The third-order valence-electron chi connectivity index (χ3n) is 6.76. The average molecular weight is 654 g/mol. The Hall–Kier alpha value is -5.17. The first kappa shape index (κ1) is 31.3. The predicted octanol–water partition coefficient (Wildman–Crippen LogP) is 0.182. The number of H-pyrrole nitrogens is 1. The highest BCUT2D eigenvalue weighted by atomic mass is 32.2. The molecule has 4 heterocycles. The molecule has 0 saturated carbocycles. The van der Waals surface area contributed by atoms with Gasteiger partial charge < -0.3 is 21.5 Å². The van der Waals surface area contributed by atoms with Gasteiger partial charge in [-0.2, -0.15) is 0 Å². The Balaban J connectivity index is 1.30. The number of aryl methyl sites for hydroxylation is 1. The minimum Gasteiger partial charge on any atom is -0.477 e. The molecule has 2 aliphatic heterocycles. The lowest BCUT2D eigenvalue weighted by atomic mass is 10.0. The number of anilines is 3. The number of hydrogen-bond donors (Lipinski definition) is 5. The van der Waals surface area contributed by atoms with Crippen molar-refractivity contribution in [2.24, 2.45) is 12.8 Å². The van der Waals surface area contributed by atoms with E-state index in [4.69, 9.17) is 5.73 Å². The molecule has 17 nitrogen and oxygen atoms in total. The molecule has 19 heteroatoms. The molecule has 3 aromatic rings. The molecule has 45 heavy (non-hydrogen) atoms. The van der Waals surface area contributed by atoms with E-state index in [9.17, 15) is 29.1 Å². The molecule has 5 rings (SSSR count). The van der Waals surface area contributed by atoms with Gasteiger partial charge in [-0.05, 0) is 27.6 Å². The molecule has 1 aromatic carbocycles. The number of aromatic nitrogens is 6. The van der Waals surface area contributed by atoms with Crippen LogP contribution in [-0.4, -0.2) is 93.5 Å². The summed E-state index contributed by atoms with van der Waals surface area (Å²) in [5, 5.41) is 26.5. The maximum Gasteiger partial charge on any atom is 0.352 e. The molecule has 1 unspecified atom stereocenters. The number of fused-ring (bicyclic) bond motifs is 1. The number of para-hydroxylation sites is 1. The molecule has 1 fully saturated rings. The fraction of sp³-hybridized carbons (Fsp3) is 0.269. The number of nitrogens with zero attached hydrogens (tertiary/aromatic N) is 7. The highest BCUT2D eigenvalue weighted by molar-refractivity contribution is 8.01. The first-order valence-corrected chi connectivity index (χ1v) is 15.3. The molecule has 0 radical (unpaired) electrons. The summed E-state index contributed by atoms with van der Waals surface area (Å²) in [5.74, 6) is -1.62. The quantitative estimate of drug-likeness (QED) is 0.0998. The van der Waals surface area contributed by atoms with Gasteiger partial charge in [-0.15, -0.1) is 23.4 Å². The molecule has 1 saturated heterocycles. The van der Waals surface area contributed by atoms with E-state index in [1.165, 1.54) is 45.4 Å². The van der Waals surface area contributed by atoms with Crippen LogP contribution < -0.4 is 26.8 Å². The molecule has 2 atom stereocenters. The Morgan fingerprint density at radius 3 is 2.73 bits per heavy atom. The minimum atomic E-state index is -1.25. The lowest BCUT2D eigenvalue weighted by molar-refractivity contribution is -0.150. The molecular weight excluding hydrogens is 626 g/mol. The third-order valence-corrected chi connectivity index (χ3v) is 9.20. The smallest absolute Gasteiger partial charge is 0.352 e. The number of amides is 4. The molecular formula is C26H27N11O6S2. The van der Waals surface area contributed by atoms with Crippen LogP contribution in [0.1, 0.15) is 5.56 Å². The predicted molar refractivity (Wildman–Crippen MR) is 165 cm³/mol. The zero-order chi connectivity index (χ0) is 32.2. The standard InChI is InChI=1S/C26H27N11O6S2/c1-3-8-28-25-29-10-16(20(39)31-25)36(24(27)43)15-7-5-4-6-13(15)9-17(38)30-18-21(40)37-19(23(41)42)14(11-44-22(18)37)12-45-26-32-33-34-35(26)2/h3-7,10,18,22H,1,8-9,11-12H2,2H3,(H2,27,43)(H,30,38)(H,41,42)(H2,28,29,31,39)/t18?,22-/m1/s1. The molecule has 4 amide bonds. The molecule has 6 N–H and O–H groups in total. The maximum atomic E-state index is 13.2. The number of primary amides is 1. The van der Waals surface area contributed by atoms with Crippen molar-refractivity contribution >= 4 is 64.7 Å². The number of nitrogens with one attached hydrogen (secondary N) is 3. The summed E-state index contributed by atoms with van der Waals surface area (Å²) < 4.78 is 1.46. The number of carbonyl (C=O) groups excluding carboxylic acids is 3. The number of urea groups is 1. The number of tetrazole rings is 1. The summed E-state index contributed by atoms with van der Waals surface area (Å²) in [6.45, 7) is 3.93. The third kappa shape index (κ3) is 6.38. The van der Waals surface area contributed by atoms with Gasteiger partial charge in [-0.3, -0.25) is 29.2 Å². The van der Waals surface area contributed by atoms with Crippen LogP contribution in [0.3, 0.4) is 0 Å². The zero-order valence-electron chi connectivity index (χ0n) is 23.7. The number of thioether (sulfide) groups is 2. The second kappa shape index (κ2) is 13.2. The van der Waals surface area contributed by atoms with Crippen molar-refractivity contribution in [2.75, 3.05) is 28.3 Å². The van der Waals surface area contributed by atoms with Crippen LogP contribution in [0.15, 0.2) is 64.3 Å². The summed E-state index contributed by atoms with van der Waals surface area (Å²) >= 11 is 2.58. The van der Waals surface area contributed by atoms with Crippen LogP contribution in [0.4, 0.5) is 22.1 Å². The summed E-state index contributed by atoms with van der Waals surface area (Å²) in [6, 6.07) is 4.41. The van der Waals surface area contributed by atoms with E-state index in [-0.39, 0.29) is 35.2 Å². The van der Waals surface area contributed by atoms with Gasteiger partial charge in [0.2, 0.25) is 17.0 Å². The van der Waals surface area contributed by atoms with E-state index in [0.29, 0.717) is 28.6 Å². The topological polar surface area (TPSA) is 234 Å². The van der Waals surface area contributed by atoms with Crippen LogP contribution >= 0.6 is 23.5 Å². The molecule has 0 aliphatic carbocycles. The number of carboxylic acids is 1. The Labute approximate surface area is 263 Å². The van der Waals surface area contributed by atoms with Crippen LogP contribution in [0, 0.1) is 0 Å². The van der Waals surface area contributed by atoms with Crippen LogP contribution in [0.25, 0.3) is 0 Å². The fourth-order valence-corrected chi connectivity index (χ4v) is 7.07. The number of aliphatic carboxylic acids is 1. The van der Waals surface area contributed by atoms with E-state index in [2.05, 4.69) is 42.7 Å². The molecule has 234 valence electrons. The van der Waals surface area contributed by atoms with Gasteiger partial charge in [0.25, 0.3) is 11.5 Å².